The molecule has 0 spiro atoms. The molecule has 0 atom stereocenters. The number of halogens is 1. The highest BCUT2D eigenvalue weighted by atomic mass is 35.5. The minimum Gasteiger partial charge on any atom is -0.497 e. The van der Waals surface area contributed by atoms with Gasteiger partial charge in [-0.2, -0.15) is 0 Å². The number of ether oxygens (including phenoxy) is 1. The summed E-state index contributed by atoms with van der Waals surface area (Å²) in [5.74, 6) is 0.518. The molecule has 0 aliphatic carbocycles. The van der Waals surface area contributed by atoms with E-state index >= 15 is 0 Å². The quantitative estimate of drug-likeness (QED) is 0.505. The van der Waals surface area contributed by atoms with Gasteiger partial charge in [0, 0.05) is 12.5 Å². The zero-order valence-corrected chi connectivity index (χ0v) is 5.03. The predicted molar refractivity (Wildman–Crippen MR) is 30.9 cm³/mol. The van der Waals surface area contributed by atoms with E-state index in [9.17, 15) is 0 Å². The summed E-state index contributed by atoms with van der Waals surface area (Å²) in [5.41, 5.74) is 1.31. The Labute approximate surface area is 48.9 Å². The summed E-state index contributed by atoms with van der Waals surface area (Å²) in [6.45, 7) is 5.96. The fourth-order valence-corrected chi connectivity index (χ4v) is 0.280. The molecular formula is C5H8ClO. The highest BCUT2D eigenvalue weighted by Crippen LogP contribution is 1.94. The Morgan fingerprint density at radius 1 is 2.00 bits per heavy atom. The van der Waals surface area contributed by atoms with E-state index in [4.69, 9.17) is 16.3 Å². The molecule has 0 rings (SSSR count). The van der Waals surface area contributed by atoms with E-state index in [-0.39, 0.29) is 0 Å². The molecule has 41 valence electrons. The summed E-state index contributed by atoms with van der Waals surface area (Å²) in [4.78, 5) is 0. The maximum Gasteiger partial charge on any atom is 0.108 e. The first-order chi connectivity index (χ1) is 3.31. The Morgan fingerprint density at radius 2 is 2.57 bits per heavy atom. The lowest BCUT2D eigenvalue weighted by molar-refractivity contribution is 0.242. The Balaban J connectivity index is 3.17. The minimum atomic E-state index is 0.518. The van der Waals surface area contributed by atoms with Crippen molar-refractivity contribution in [3.8, 4) is 0 Å². The number of rotatable bonds is 2. The van der Waals surface area contributed by atoms with Gasteiger partial charge in [-0.1, -0.05) is 11.6 Å². The van der Waals surface area contributed by atoms with Gasteiger partial charge in [0.1, 0.15) is 5.76 Å². The second kappa shape index (κ2) is 4.00. The normalized spacial score (nSPS) is 11.6. The molecule has 0 bridgehead atoms. The van der Waals surface area contributed by atoms with E-state index in [0.29, 0.717) is 12.4 Å². The van der Waals surface area contributed by atoms with Gasteiger partial charge in [0.2, 0.25) is 0 Å². The monoisotopic (exact) mass is 119 g/mol. The van der Waals surface area contributed by atoms with Gasteiger partial charge in [-0.05, 0) is 6.92 Å². The van der Waals surface area contributed by atoms with Gasteiger partial charge in [-0.3, -0.25) is 0 Å². The molecule has 0 N–H and O–H groups in total. The zero-order chi connectivity index (χ0) is 5.70. The van der Waals surface area contributed by atoms with Crippen molar-refractivity contribution in [3.63, 3.8) is 0 Å². The molecular weight excluding hydrogens is 112 g/mol. The molecule has 0 saturated carbocycles. The van der Waals surface area contributed by atoms with Crippen molar-refractivity contribution >= 4 is 11.6 Å². The van der Waals surface area contributed by atoms with Gasteiger partial charge >= 0.3 is 0 Å². The topological polar surface area (TPSA) is 9.23 Å². The van der Waals surface area contributed by atoms with Crippen LogP contribution in [0.25, 0.3) is 0 Å². The van der Waals surface area contributed by atoms with E-state index in [1.807, 2.05) is 6.92 Å². The molecule has 0 saturated heterocycles. The van der Waals surface area contributed by atoms with Crippen LogP contribution in [0.3, 0.4) is 0 Å². The molecule has 0 amide bonds. The van der Waals surface area contributed by atoms with Crippen molar-refractivity contribution in [3.05, 3.63) is 18.2 Å². The predicted octanol–water partition coefficient (Wildman–Crippen LogP) is 1.94. The van der Waals surface area contributed by atoms with Crippen molar-refractivity contribution in [2.24, 2.45) is 0 Å². The molecule has 0 aliphatic rings. The molecule has 0 heterocycles. The summed E-state index contributed by atoms with van der Waals surface area (Å²) in [7, 11) is 0. The number of hydrogen-bond donors (Lipinski definition) is 0. The smallest absolute Gasteiger partial charge is 0.108 e. The molecule has 0 aromatic heterocycles. The van der Waals surface area contributed by atoms with Gasteiger partial charge in [0.25, 0.3) is 0 Å². The van der Waals surface area contributed by atoms with Crippen LogP contribution in [0.5, 0.6) is 0 Å². The lowest BCUT2D eigenvalue weighted by Crippen LogP contribution is -1.83. The van der Waals surface area contributed by atoms with Crippen LogP contribution in [0.15, 0.2) is 11.3 Å². The molecule has 7 heavy (non-hydrogen) atoms. The van der Waals surface area contributed by atoms with Crippen LogP contribution in [0.4, 0.5) is 0 Å². The van der Waals surface area contributed by atoms with E-state index in [1.54, 1.807) is 0 Å². The van der Waals surface area contributed by atoms with Gasteiger partial charge in [-0.15, -0.1) is 0 Å². The van der Waals surface area contributed by atoms with Gasteiger partial charge in [0.05, 0.1) is 6.61 Å². The van der Waals surface area contributed by atoms with Gasteiger partial charge < -0.3 is 4.74 Å². The maximum atomic E-state index is 5.18. The molecule has 0 unspecified atom stereocenters. The van der Waals surface area contributed by atoms with Gasteiger partial charge in [0.15, 0.2) is 0 Å². The molecule has 0 fully saturated rings. The fourth-order valence-electron chi connectivity index (χ4n) is 0.217. The average Bonchev–Trinajstić information content (AvgIpc) is 1.68. The van der Waals surface area contributed by atoms with Crippen molar-refractivity contribution in [2.75, 3.05) is 6.61 Å². The Bertz CT molecular complexity index is 68.5. The fraction of sp³-hybridized carbons (Fsp3) is 0.400. The molecule has 1 nitrogen and oxygen atoms in total. The summed E-state index contributed by atoms with van der Waals surface area (Å²) in [6.07, 6.45) is 0. The summed E-state index contributed by atoms with van der Waals surface area (Å²) < 4.78 is 4.81. The molecule has 1 radical (unpaired) electrons. The number of allylic oxidation sites excluding steroid dienone is 1. The Hall–Kier alpha value is -0.170. The van der Waals surface area contributed by atoms with Crippen molar-refractivity contribution in [1.29, 1.82) is 0 Å². The average molecular weight is 120 g/mol. The van der Waals surface area contributed by atoms with Crippen LogP contribution in [0.2, 0.25) is 0 Å². The van der Waals surface area contributed by atoms with Crippen LogP contribution < -0.4 is 0 Å². The first-order valence-corrected chi connectivity index (χ1v) is 2.50. The van der Waals surface area contributed by atoms with Crippen LogP contribution in [-0.4, -0.2) is 6.61 Å². The minimum absolute atomic E-state index is 0.518. The third kappa shape index (κ3) is 3.67. The SMILES string of the molecule is [CH2]/C(=C\Cl)OCC. The van der Waals surface area contributed by atoms with Crippen molar-refractivity contribution < 1.29 is 4.74 Å². The second-order valence-corrected chi connectivity index (χ2v) is 1.23. The molecule has 0 aliphatic heterocycles. The lowest BCUT2D eigenvalue weighted by atomic mass is 10.6. The van der Waals surface area contributed by atoms with E-state index in [0.717, 1.165) is 0 Å². The van der Waals surface area contributed by atoms with Gasteiger partial charge in [-0.25, -0.2) is 0 Å². The first kappa shape index (κ1) is 6.83. The molecule has 0 aromatic rings. The maximum absolute atomic E-state index is 5.18. The van der Waals surface area contributed by atoms with Crippen LogP contribution in [0, 0.1) is 6.92 Å². The van der Waals surface area contributed by atoms with Crippen LogP contribution in [0.1, 0.15) is 6.92 Å². The number of hydrogen-bond acceptors (Lipinski definition) is 1. The summed E-state index contributed by atoms with van der Waals surface area (Å²) >= 11 is 5.18. The third-order valence-electron chi connectivity index (χ3n) is 0.451. The van der Waals surface area contributed by atoms with Crippen LogP contribution in [-0.2, 0) is 4.74 Å². The van der Waals surface area contributed by atoms with E-state index < -0.39 is 0 Å². The van der Waals surface area contributed by atoms with Crippen molar-refractivity contribution in [1.82, 2.24) is 0 Å². The lowest BCUT2D eigenvalue weighted by Gasteiger charge is -1.96. The van der Waals surface area contributed by atoms with E-state index in [2.05, 4.69) is 6.92 Å². The highest BCUT2D eigenvalue weighted by Gasteiger charge is 1.79. The Morgan fingerprint density at radius 3 is 2.71 bits per heavy atom. The molecule has 0 aromatic carbocycles. The van der Waals surface area contributed by atoms with E-state index in [1.165, 1.54) is 5.54 Å². The second-order valence-electron chi connectivity index (χ2n) is 1.01. The summed E-state index contributed by atoms with van der Waals surface area (Å²) in [5, 5.41) is 0. The largest absolute Gasteiger partial charge is 0.497 e. The first-order valence-electron chi connectivity index (χ1n) is 2.06. The summed E-state index contributed by atoms with van der Waals surface area (Å²) in [6, 6.07) is 0. The molecule has 2 heteroatoms. The Kier molecular flexibility index (Phi) is 3.90. The van der Waals surface area contributed by atoms with Crippen LogP contribution >= 0.6 is 11.6 Å². The standard InChI is InChI=1S/C5H8ClO/c1-3-7-5(2)4-6/h4H,2-3H2,1H3/b5-4+. The zero-order valence-electron chi connectivity index (χ0n) is 4.28. The van der Waals surface area contributed by atoms with Crippen molar-refractivity contribution in [2.45, 2.75) is 6.92 Å². The third-order valence-corrected chi connectivity index (χ3v) is 0.695. The highest BCUT2D eigenvalue weighted by molar-refractivity contribution is 6.25.